The lowest BCUT2D eigenvalue weighted by molar-refractivity contribution is -0.113. The van der Waals surface area contributed by atoms with Crippen LogP contribution in [0.5, 0.6) is 5.75 Å². The second kappa shape index (κ2) is 8.74. The Bertz CT molecular complexity index is 1130. The van der Waals surface area contributed by atoms with Gasteiger partial charge < -0.3 is 10.1 Å². The van der Waals surface area contributed by atoms with E-state index in [9.17, 15) is 4.79 Å². The minimum Gasteiger partial charge on any atom is -0.492 e. The lowest BCUT2D eigenvalue weighted by Crippen LogP contribution is -2.15. The van der Waals surface area contributed by atoms with Crippen molar-refractivity contribution in [2.24, 2.45) is 0 Å². The van der Waals surface area contributed by atoms with Gasteiger partial charge in [0, 0.05) is 5.56 Å². The molecule has 0 fully saturated rings. The Hall–Kier alpha value is -3.39. The number of ether oxygens (including phenoxy) is 1. The zero-order chi connectivity index (χ0) is 20.1. The van der Waals surface area contributed by atoms with Crippen molar-refractivity contribution in [2.45, 2.75) is 12.1 Å². The molecule has 2 aromatic heterocycles. The number of rotatable bonds is 7. The van der Waals surface area contributed by atoms with Crippen molar-refractivity contribution in [3.05, 3.63) is 66.7 Å². The summed E-state index contributed by atoms with van der Waals surface area (Å²) in [5, 5.41) is 16.4. The van der Waals surface area contributed by atoms with Gasteiger partial charge in [0.25, 0.3) is 0 Å². The zero-order valence-electron chi connectivity index (χ0n) is 15.8. The molecule has 0 saturated carbocycles. The predicted octanol–water partition coefficient (Wildman–Crippen LogP) is 3.92. The van der Waals surface area contributed by atoms with Crippen LogP contribution in [0.4, 0.5) is 5.69 Å². The molecular weight excluding hydrogens is 386 g/mol. The van der Waals surface area contributed by atoms with Crippen LogP contribution in [-0.2, 0) is 4.79 Å². The Morgan fingerprint density at radius 2 is 1.83 bits per heavy atom. The Labute approximate surface area is 172 Å². The van der Waals surface area contributed by atoms with E-state index in [-0.39, 0.29) is 11.7 Å². The number of thioether (sulfide) groups is 1. The minimum absolute atomic E-state index is 0.155. The molecule has 4 rings (SSSR count). The van der Waals surface area contributed by atoms with Crippen molar-refractivity contribution >= 4 is 29.0 Å². The van der Waals surface area contributed by atoms with Gasteiger partial charge in [0.15, 0.2) is 5.65 Å². The zero-order valence-corrected chi connectivity index (χ0v) is 16.6. The summed E-state index contributed by atoms with van der Waals surface area (Å²) in [6.07, 6.45) is 0. The van der Waals surface area contributed by atoms with Crippen LogP contribution >= 0.6 is 11.8 Å². The van der Waals surface area contributed by atoms with Gasteiger partial charge in [0.05, 0.1) is 23.7 Å². The number of anilines is 1. The normalized spacial score (nSPS) is 10.8. The number of hydrogen-bond acceptors (Lipinski definition) is 6. The third-order valence-electron chi connectivity index (χ3n) is 4.10. The summed E-state index contributed by atoms with van der Waals surface area (Å²) in [4.78, 5) is 12.4. The summed E-state index contributed by atoms with van der Waals surface area (Å²) < 4.78 is 7.20. The number of benzene rings is 2. The van der Waals surface area contributed by atoms with E-state index in [4.69, 9.17) is 4.74 Å². The van der Waals surface area contributed by atoms with Crippen molar-refractivity contribution in [2.75, 3.05) is 17.7 Å². The Balaban J connectivity index is 1.48. The topological polar surface area (TPSA) is 81.4 Å². The molecule has 0 atom stereocenters. The van der Waals surface area contributed by atoms with Crippen molar-refractivity contribution in [3.8, 4) is 17.0 Å². The molecule has 4 aromatic rings. The molecule has 1 amide bonds. The van der Waals surface area contributed by atoms with E-state index in [0.29, 0.717) is 28.8 Å². The molecule has 0 aliphatic heterocycles. The monoisotopic (exact) mass is 405 g/mol. The summed E-state index contributed by atoms with van der Waals surface area (Å²) in [5.74, 6) is 0.673. The maximum absolute atomic E-state index is 12.4. The molecular formula is C21H19N5O2S. The van der Waals surface area contributed by atoms with Crippen LogP contribution in [0.3, 0.4) is 0 Å². The standard InChI is InChI=1S/C21H19N5O2S/c1-2-28-18-11-7-6-10-17(18)22-20(27)14-29-21-24-23-19-13-12-16(25-26(19)21)15-8-4-3-5-9-15/h3-13H,2,14H2,1H3,(H,22,27). The van der Waals surface area contributed by atoms with Crippen molar-refractivity contribution < 1.29 is 9.53 Å². The van der Waals surface area contributed by atoms with Gasteiger partial charge in [-0.05, 0) is 31.2 Å². The highest BCUT2D eigenvalue weighted by Gasteiger charge is 2.13. The summed E-state index contributed by atoms with van der Waals surface area (Å²) in [6, 6.07) is 21.0. The Morgan fingerprint density at radius 3 is 2.66 bits per heavy atom. The molecule has 7 nitrogen and oxygen atoms in total. The van der Waals surface area contributed by atoms with Gasteiger partial charge in [-0.1, -0.05) is 54.2 Å². The van der Waals surface area contributed by atoms with Crippen LogP contribution in [0, 0.1) is 0 Å². The van der Waals surface area contributed by atoms with E-state index in [1.54, 1.807) is 4.52 Å². The third kappa shape index (κ3) is 4.38. The highest BCUT2D eigenvalue weighted by atomic mass is 32.2. The minimum atomic E-state index is -0.155. The first kappa shape index (κ1) is 18.9. The smallest absolute Gasteiger partial charge is 0.234 e. The molecule has 146 valence electrons. The van der Waals surface area contributed by atoms with E-state index in [2.05, 4.69) is 20.6 Å². The van der Waals surface area contributed by atoms with Crippen LogP contribution in [-0.4, -0.2) is 38.1 Å². The maximum atomic E-state index is 12.4. The van der Waals surface area contributed by atoms with Gasteiger partial charge >= 0.3 is 0 Å². The van der Waals surface area contributed by atoms with Gasteiger partial charge in [-0.25, -0.2) is 0 Å². The highest BCUT2D eigenvalue weighted by Crippen LogP contribution is 2.25. The van der Waals surface area contributed by atoms with Gasteiger partial charge in [0.1, 0.15) is 5.75 Å². The largest absolute Gasteiger partial charge is 0.492 e. The molecule has 8 heteroatoms. The molecule has 29 heavy (non-hydrogen) atoms. The van der Waals surface area contributed by atoms with E-state index < -0.39 is 0 Å². The second-order valence-corrected chi connectivity index (χ2v) is 7.05. The molecule has 0 bridgehead atoms. The Kier molecular flexibility index (Phi) is 5.71. The number of aromatic nitrogens is 4. The number of hydrogen-bond donors (Lipinski definition) is 1. The summed E-state index contributed by atoms with van der Waals surface area (Å²) in [7, 11) is 0. The molecule has 0 radical (unpaired) electrons. The average Bonchev–Trinajstić information content (AvgIpc) is 3.17. The molecule has 0 spiro atoms. The van der Waals surface area contributed by atoms with E-state index in [0.717, 1.165) is 11.3 Å². The molecule has 0 aliphatic rings. The fourth-order valence-electron chi connectivity index (χ4n) is 2.79. The molecule has 1 N–H and O–H groups in total. The maximum Gasteiger partial charge on any atom is 0.234 e. The number of nitrogens with one attached hydrogen (secondary N) is 1. The molecule has 0 aliphatic carbocycles. The van der Waals surface area contributed by atoms with Crippen molar-refractivity contribution in [3.63, 3.8) is 0 Å². The fraction of sp³-hybridized carbons (Fsp3) is 0.143. The third-order valence-corrected chi connectivity index (χ3v) is 5.02. The number of para-hydroxylation sites is 2. The lowest BCUT2D eigenvalue weighted by Gasteiger charge is -2.10. The van der Waals surface area contributed by atoms with E-state index in [1.165, 1.54) is 11.8 Å². The molecule has 0 unspecified atom stereocenters. The first-order chi connectivity index (χ1) is 14.2. The number of nitrogens with zero attached hydrogens (tertiary/aromatic N) is 4. The van der Waals surface area contributed by atoms with Gasteiger partial charge in [-0.2, -0.15) is 9.61 Å². The van der Waals surface area contributed by atoms with Gasteiger partial charge in [-0.3, -0.25) is 4.79 Å². The first-order valence-electron chi connectivity index (χ1n) is 9.17. The quantitative estimate of drug-likeness (QED) is 0.469. The van der Waals surface area contributed by atoms with Crippen LogP contribution in [0.15, 0.2) is 71.9 Å². The average molecular weight is 405 g/mol. The van der Waals surface area contributed by atoms with Gasteiger partial charge in [0.2, 0.25) is 11.1 Å². The van der Waals surface area contributed by atoms with E-state index in [1.807, 2.05) is 73.7 Å². The van der Waals surface area contributed by atoms with Crippen LogP contribution < -0.4 is 10.1 Å². The van der Waals surface area contributed by atoms with Gasteiger partial charge in [-0.15, -0.1) is 10.2 Å². The summed E-state index contributed by atoms with van der Waals surface area (Å²) in [6.45, 7) is 2.43. The first-order valence-corrected chi connectivity index (χ1v) is 10.2. The predicted molar refractivity (Wildman–Crippen MR) is 113 cm³/mol. The Morgan fingerprint density at radius 1 is 1.03 bits per heavy atom. The summed E-state index contributed by atoms with van der Waals surface area (Å²) in [5.41, 5.74) is 3.10. The number of amides is 1. The number of fused-ring (bicyclic) bond motifs is 1. The number of carbonyl (C=O) groups excluding carboxylic acids is 1. The second-order valence-electron chi connectivity index (χ2n) is 6.10. The van der Waals surface area contributed by atoms with Crippen LogP contribution in [0.25, 0.3) is 16.9 Å². The van der Waals surface area contributed by atoms with Crippen molar-refractivity contribution in [1.82, 2.24) is 19.8 Å². The van der Waals surface area contributed by atoms with Crippen LogP contribution in [0.1, 0.15) is 6.92 Å². The highest BCUT2D eigenvalue weighted by molar-refractivity contribution is 7.99. The summed E-state index contributed by atoms with van der Waals surface area (Å²) >= 11 is 1.28. The SMILES string of the molecule is CCOc1ccccc1NC(=O)CSc1nnc2ccc(-c3ccccc3)nn12. The molecule has 2 heterocycles. The van der Waals surface area contributed by atoms with Crippen molar-refractivity contribution in [1.29, 1.82) is 0 Å². The lowest BCUT2D eigenvalue weighted by atomic mass is 10.1. The fourth-order valence-corrected chi connectivity index (χ4v) is 3.48. The molecule has 2 aromatic carbocycles. The molecule has 0 saturated heterocycles. The number of carbonyl (C=O) groups is 1. The van der Waals surface area contributed by atoms with Crippen LogP contribution in [0.2, 0.25) is 0 Å². The van der Waals surface area contributed by atoms with E-state index >= 15 is 0 Å².